The minimum atomic E-state index is -0.310. The van der Waals surface area contributed by atoms with Gasteiger partial charge < -0.3 is 9.80 Å². The van der Waals surface area contributed by atoms with Gasteiger partial charge in [-0.2, -0.15) is 5.26 Å². The van der Waals surface area contributed by atoms with Crippen molar-refractivity contribution in [3.63, 3.8) is 0 Å². The van der Waals surface area contributed by atoms with Crippen LogP contribution in [0, 0.1) is 11.3 Å². The van der Waals surface area contributed by atoms with Gasteiger partial charge in [-0.1, -0.05) is 6.92 Å². The molecule has 1 aliphatic heterocycles. The van der Waals surface area contributed by atoms with Gasteiger partial charge in [0.25, 0.3) is 0 Å². The largest absolute Gasteiger partial charge is 0.301 e. The van der Waals surface area contributed by atoms with Crippen molar-refractivity contribution in [3.8, 4) is 6.07 Å². The first-order valence-electron chi connectivity index (χ1n) is 8.68. The highest BCUT2D eigenvalue weighted by molar-refractivity contribution is 5.06. The van der Waals surface area contributed by atoms with E-state index in [9.17, 15) is 5.26 Å². The van der Waals surface area contributed by atoms with Crippen LogP contribution in [0.25, 0.3) is 0 Å². The van der Waals surface area contributed by atoms with Gasteiger partial charge in [-0.25, -0.2) is 0 Å². The Morgan fingerprint density at radius 3 is 2.67 bits per heavy atom. The third-order valence-electron chi connectivity index (χ3n) is 5.08. The monoisotopic (exact) mass is 292 g/mol. The second-order valence-electron chi connectivity index (χ2n) is 7.16. The number of nitrogens with zero attached hydrogens (tertiary/aromatic N) is 3. The van der Waals surface area contributed by atoms with E-state index in [4.69, 9.17) is 0 Å². The summed E-state index contributed by atoms with van der Waals surface area (Å²) in [5, 5.41) is 12.9. The first-order valence-corrected chi connectivity index (χ1v) is 8.68. The van der Waals surface area contributed by atoms with Gasteiger partial charge in [-0.05, 0) is 59.0 Å². The van der Waals surface area contributed by atoms with Crippen LogP contribution in [0.5, 0.6) is 0 Å². The van der Waals surface area contributed by atoms with E-state index in [0.717, 1.165) is 18.9 Å². The molecule has 1 N–H and O–H groups in total. The Morgan fingerprint density at radius 2 is 2.05 bits per heavy atom. The maximum atomic E-state index is 9.38. The van der Waals surface area contributed by atoms with Crippen LogP contribution >= 0.6 is 0 Å². The van der Waals surface area contributed by atoms with Gasteiger partial charge in [0.15, 0.2) is 0 Å². The zero-order valence-electron chi connectivity index (χ0n) is 14.1. The van der Waals surface area contributed by atoms with E-state index >= 15 is 0 Å². The van der Waals surface area contributed by atoms with Crippen LogP contribution in [-0.2, 0) is 0 Å². The smallest absolute Gasteiger partial charge is 0.104 e. The van der Waals surface area contributed by atoms with Gasteiger partial charge in [0.05, 0.1) is 6.07 Å². The molecule has 0 bridgehead atoms. The van der Waals surface area contributed by atoms with Crippen LogP contribution in [0.4, 0.5) is 0 Å². The zero-order chi connectivity index (χ0) is 15.3. The van der Waals surface area contributed by atoms with E-state index in [2.05, 4.69) is 42.1 Å². The summed E-state index contributed by atoms with van der Waals surface area (Å²) in [6, 6.07) is 3.81. The van der Waals surface area contributed by atoms with Crippen molar-refractivity contribution in [1.82, 2.24) is 15.1 Å². The van der Waals surface area contributed by atoms with E-state index in [1.54, 1.807) is 0 Å². The molecule has 1 aliphatic carbocycles. The third-order valence-corrected chi connectivity index (χ3v) is 5.08. The van der Waals surface area contributed by atoms with E-state index < -0.39 is 0 Å². The lowest BCUT2D eigenvalue weighted by atomic mass is 9.96. The number of likely N-dealkylation sites (N-methyl/N-ethyl adjacent to an activating group) is 1. The molecule has 2 atom stereocenters. The summed E-state index contributed by atoms with van der Waals surface area (Å²) in [6.45, 7) is 9.14. The van der Waals surface area contributed by atoms with Gasteiger partial charge >= 0.3 is 0 Å². The predicted octanol–water partition coefficient (Wildman–Crippen LogP) is 2.22. The fraction of sp³-hybridized carbons (Fsp3) is 0.941. The third kappa shape index (κ3) is 5.25. The van der Waals surface area contributed by atoms with Gasteiger partial charge in [0, 0.05) is 31.7 Å². The van der Waals surface area contributed by atoms with E-state index in [1.165, 1.54) is 51.9 Å². The van der Waals surface area contributed by atoms with Crippen LogP contribution in [0.2, 0.25) is 0 Å². The van der Waals surface area contributed by atoms with Crippen molar-refractivity contribution in [2.75, 3.05) is 33.2 Å². The highest BCUT2D eigenvalue weighted by Crippen LogP contribution is 2.24. The molecular formula is C17H32N4. The van der Waals surface area contributed by atoms with Crippen LogP contribution in [-0.4, -0.2) is 60.6 Å². The highest BCUT2D eigenvalue weighted by atomic mass is 15.3. The number of nitrogens with one attached hydrogen (secondary N) is 1. The molecule has 0 aromatic carbocycles. The molecule has 0 aromatic rings. The fourth-order valence-corrected chi connectivity index (χ4v) is 3.31. The normalized spacial score (nSPS) is 27.2. The van der Waals surface area contributed by atoms with E-state index in [0.29, 0.717) is 6.04 Å². The molecule has 0 radical (unpaired) electrons. The Bertz CT molecular complexity index is 360. The maximum absolute atomic E-state index is 9.38. The summed E-state index contributed by atoms with van der Waals surface area (Å²) in [5.74, 6) is 0. The fourth-order valence-electron chi connectivity index (χ4n) is 3.31. The Balaban J connectivity index is 1.63. The minimum absolute atomic E-state index is 0.310. The van der Waals surface area contributed by atoms with Gasteiger partial charge in [-0.15, -0.1) is 0 Å². The summed E-state index contributed by atoms with van der Waals surface area (Å²) in [4.78, 5) is 5.09. The first-order chi connectivity index (χ1) is 10.1. The van der Waals surface area contributed by atoms with Gasteiger partial charge in [0.1, 0.15) is 5.54 Å². The summed E-state index contributed by atoms with van der Waals surface area (Å²) >= 11 is 0. The second kappa shape index (κ2) is 7.58. The summed E-state index contributed by atoms with van der Waals surface area (Å²) < 4.78 is 0. The number of piperazine rings is 1. The number of hydrogen-bond donors (Lipinski definition) is 1. The van der Waals surface area contributed by atoms with Crippen molar-refractivity contribution in [1.29, 1.82) is 5.26 Å². The Morgan fingerprint density at radius 1 is 1.29 bits per heavy atom. The number of unbranched alkanes of at least 4 members (excludes halogenated alkanes) is 1. The molecule has 2 fully saturated rings. The lowest BCUT2D eigenvalue weighted by Gasteiger charge is -2.39. The molecule has 2 aliphatic rings. The minimum Gasteiger partial charge on any atom is -0.301 e. The van der Waals surface area contributed by atoms with Crippen LogP contribution in [0.3, 0.4) is 0 Å². The Labute approximate surface area is 130 Å². The lowest BCUT2D eigenvalue weighted by molar-refractivity contribution is 0.0916. The molecule has 1 saturated carbocycles. The summed E-state index contributed by atoms with van der Waals surface area (Å²) in [7, 11) is 2.24. The van der Waals surface area contributed by atoms with Crippen molar-refractivity contribution < 1.29 is 0 Å². The van der Waals surface area contributed by atoms with E-state index in [1.807, 2.05) is 0 Å². The average Bonchev–Trinajstić information content (AvgIpc) is 3.29. The maximum Gasteiger partial charge on any atom is 0.104 e. The average molecular weight is 292 g/mol. The number of rotatable bonds is 8. The quantitative estimate of drug-likeness (QED) is 0.697. The SMILES string of the molecule is CCC1CN(CCCCC(C)(C#N)NC2CC2)CCN1C. The second-order valence-corrected chi connectivity index (χ2v) is 7.16. The van der Waals surface area contributed by atoms with Crippen LogP contribution < -0.4 is 5.32 Å². The molecule has 1 heterocycles. The molecule has 2 unspecified atom stereocenters. The molecule has 120 valence electrons. The standard InChI is InChI=1S/C17H32N4/c1-4-16-13-21(12-11-20(16)3)10-6-5-9-17(2,14-18)19-15-7-8-15/h15-16,19H,4-13H2,1-3H3. The van der Waals surface area contributed by atoms with Crippen LogP contribution in [0.1, 0.15) is 52.4 Å². The van der Waals surface area contributed by atoms with Gasteiger partial charge in [0.2, 0.25) is 0 Å². The van der Waals surface area contributed by atoms with Crippen molar-refractivity contribution in [2.24, 2.45) is 0 Å². The zero-order valence-corrected chi connectivity index (χ0v) is 14.1. The van der Waals surface area contributed by atoms with Crippen molar-refractivity contribution >= 4 is 0 Å². The highest BCUT2D eigenvalue weighted by Gasteiger charge is 2.32. The van der Waals surface area contributed by atoms with Crippen LogP contribution in [0.15, 0.2) is 0 Å². The first kappa shape index (κ1) is 16.7. The Kier molecular flexibility index (Phi) is 6.04. The predicted molar refractivity (Wildman–Crippen MR) is 87.2 cm³/mol. The summed E-state index contributed by atoms with van der Waals surface area (Å²) in [6.07, 6.45) is 7.07. The van der Waals surface area contributed by atoms with Crippen molar-refractivity contribution in [2.45, 2.75) is 70.0 Å². The molecule has 4 nitrogen and oxygen atoms in total. The van der Waals surface area contributed by atoms with Crippen molar-refractivity contribution in [3.05, 3.63) is 0 Å². The molecule has 4 heteroatoms. The summed E-state index contributed by atoms with van der Waals surface area (Å²) in [5.41, 5.74) is -0.310. The Hall–Kier alpha value is -0.630. The topological polar surface area (TPSA) is 42.3 Å². The molecule has 0 amide bonds. The molecule has 21 heavy (non-hydrogen) atoms. The molecule has 0 aromatic heterocycles. The molecule has 1 saturated heterocycles. The number of hydrogen-bond acceptors (Lipinski definition) is 4. The van der Waals surface area contributed by atoms with E-state index in [-0.39, 0.29) is 5.54 Å². The molecule has 2 rings (SSSR count). The lowest BCUT2D eigenvalue weighted by Crippen LogP contribution is -2.51. The van der Waals surface area contributed by atoms with Gasteiger partial charge in [-0.3, -0.25) is 5.32 Å². The molecular weight excluding hydrogens is 260 g/mol. The molecule has 0 spiro atoms. The number of nitriles is 1.